The third-order valence-electron chi connectivity index (χ3n) is 9.88. The highest BCUT2D eigenvalue weighted by Crippen LogP contribution is 2.45. The molecule has 1 unspecified atom stereocenters. The Labute approximate surface area is 289 Å². The minimum Gasteiger partial charge on any atom is -0.313 e. The Morgan fingerprint density at radius 1 is 0.490 bits per heavy atom. The van der Waals surface area contributed by atoms with Crippen LogP contribution in [0.3, 0.4) is 0 Å². The smallest absolute Gasteiger partial charge is 0.0539 e. The molecule has 0 fully saturated rings. The van der Waals surface area contributed by atoms with Crippen molar-refractivity contribution in [1.82, 2.24) is 0 Å². The maximum Gasteiger partial charge on any atom is 0.0539 e. The van der Waals surface area contributed by atoms with Gasteiger partial charge in [0.05, 0.1) is 5.69 Å². The second kappa shape index (κ2) is 13.0. The molecule has 238 valence electrons. The molecule has 7 aromatic rings. The number of allylic oxidation sites excluding steroid dienone is 4. The van der Waals surface area contributed by atoms with Gasteiger partial charge >= 0.3 is 0 Å². The molecule has 0 saturated carbocycles. The highest BCUT2D eigenvalue weighted by atomic mass is 15.2. The lowest BCUT2D eigenvalue weighted by Crippen LogP contribution is -2.23. The number of rotatable bonds is 7. The number of para-hydroxylation sites is 1. The van der Waals surface area contributed by atoms with Crippen LogP contribution in [0.1, 0.15) is 24.5 Å². The maximum absolute atomic E-state index is 2.50. The van der Waals surface area contributed by atoms with Gasteiger partial charge < -0.3 is 9.80 Å². The van der Waals surface area contributed by atoms with E-state index in [1.807, 2.05) is 0 Å². The van der Waals surface area contributed by atoms with E-state index >= 15 is 0 Å². The average Bonchev–Trinajstić information content (AvgIpc) is 3.13. The fourth-order valence-corrected chi connectivity index (χ4v) is 7.37. The summed E-state index contributed by atoms with van der Waals surface area (Å²) in [4.78, 5) is 4.87. The number of hydrogen-bond acceptors (Lipinski definition) is 2. The van der Waals surface area contributed by atoms with Gasteiger partial charge in [-0.15, -0.1) is 0 Å². The lowest BCUT2D eigenvalue weighted by Gasteiger charge is -2.35. The molecule has 7 aromatic carbocycles. The van der Waals surface area contributed by atoms with Crippen molar-refractivity contribution in [2.75, 3.05) is 9.80 Å². The first kappa shape index (κ1) is 30.5. The van der Waals surface area contributed by atoms with E-state index in [-0.39, 0.29) is 0 Å². The van der Waals surface area contributed by atoms with Crippen molar-refractivity contribution < 1.29 is 0 Å². The van der Waals surface area contributed by atoms with Crippen LogP contribution in [0.4, 0.5) is 28.4 Å². The van der Waals surface area contributed by atoms with Crippen molar-refractivity contribution in [1.29, 1.82) is 0 Å². The third kappa shape index (κ3) is 5.81. The van der Waals surface area contributed by atoms with Crippen molar-refractivity contribution >= 4 is 50.0 Å². The Hall–Kier alpha value is -5.86. The van der Waals surface area contributed by atoms with Gasteiger partial charge in [0.25, 0.3) is 0 Å². The average molecular weight is 633 g/mol. The Morgan fingerprint density at radius 3 is 1.73 bits per heavy atom. The predicted molar refractivity (Wildman–Crippen MR) is 211 cm³/mol. The minimum atomic E-state index is 0.384. The van der Waals surface area contributed by atoms with Gasteiger partial charge in [0.2, 0.25) is 0 Å². The number of aryl methyl sites for hydroxylation is 2. The molecular formula is C47H40N2. The summed E-state index contributed by atoms with van der Waals surface area (Å²) in [5.74, 6) is 0.384. The SMILES string of the molecule is Cc1cc(N(c2ccccc2)c2ccc3ccccc3c2)ccc1-c1c(C)cccc1N(C1=CC=CCC1C)c1ccc2ccccc2c1. The van der Waals surface area contributed by atoms with Crippen LogP contribution in [0, 0.1) is 19.8 Å². The molecule has 8 rings (SSSR count). The summed E-state index contributed by atoms with van der Waals surface area (Å²) in [5.41, 5.74) is 12.1. The van der Waals surface area contributed by atoms with Crippen LogP contribution in [0.2, 0.25) is 0 Å². The minimum absolute atomic E-state index is 0.384. The fraction of sp³-hybridized carbons (Fsp3) is 0.106. The second-order valence-corrected chi connectivity index (χ2v) is 13.2. The van der Waals surface area contributed by atoms with Crippen LogP contribution < -0.4 is 9.80 Å². The van der Waals surface area contributed by atoms with Gasteiger partial charge in [-0.1, -0.05) is 116 Å². The monoisotopic (exact) mass is 632 g/mol. The molecule has 1 aliphatic rings. The largest absolute Gasteiger partial charge is 0.313 e. The number of anilines is 5. The Bertz CT molecular complexity index is 2360. The topological polar surface area (TPSA) is 6.48 Å². The molecule has 0 aliphatic heterocycles. The standard InChI is InChI=1S/C47H40N2/c1-33-14-7-12-22-45(33)49(43-27-25-37-17-9-11-19-39(37)32-43)46-23-13-15-34(2)47(46)44-29-28-41(30-35(44)3)48(40-20-5-4-6-21-40)42-26-24-36-16-8-10-18-38(36)31-42/h4-13,15-33H,14H2,1-3H3. The van der Waals surface area contributed by atoms with E-state index in [0.717, 1.165) is 23.5 Å². The van der Waals surface area contributed by atoms with Crippen LogP contribution in [-0.2, 0) is 0 Å². The molecule has 0 spiro atoms. The summed E-state index contributed by atoms with van der Waals surface area (Å²) < 4.78 is 0. The second-order valence-electron chi connectivity index (χ2n) is 13.2. The summed E-state index contributed by atoms with van der Waals surface area (Å²) in [7, 11) is 0. The van der Waals surface area contributed by atoms with E-state index in [9.17, 15) is 0 Å². The Balaban J connectivity index is 1.28. The van der Waals surface area contributed by atoms with Crippen molar-refractivity contribution in [3.05, 3.63) is 187 Å². The van der Waals surface area contributed by atoms with Crippen molar-refractivity contribution in [3.63, 3.8) is 0 Å². The summed E-state index contributed by atoms with van der Waals surface area (Å²) >= 11 is 0. The van der Waals surface area contributed by atoms with Crippen LogP contribution >= 0.6 is 0 Å². The van der Waals surface area contributed by atoms with Crippen molar-refractivity contribution in [2.24, 2.45) is 5.92 Å². The van der Waals surface area contributed by atoms with E-state index < -0.39 is 0 Å². The highest BCUT2D eigenvalue weighted by Gasteiger charge is 2.25. The first-order valence-electron chi connectivity index (χ1n) is 17.3. The third-order valence-corrected chi connectivity index (χ3v) is 9.88. The van der Waals surface area contributed by atoms with Crippen LogP contribution in [0.25, 0.3) is 32.7 Å². The molecule has 1 atom stereocenters. The summed E-state index contributed by atoms with van der Waals surface area (Å²) in [6.07, 6.45) is 7.81. The normalized spacial score (nSPS) is 14.2. The molecule has 1 aliphatic carbocycles. The molecular weight excluding hydrogens is 593 g/mol. The fourth-order valence-electron chi connectivity index (χ4n) is 7.37. The molecule has 2 heteroatoms. The first-order valence-corrected chi connectivity index (χ1v) is 17.3. The van der Waals surface area contributed by atoms with Crippen LogP contribution in [0.15, 0.2) is 176 Å². The lowest BCUT2D eigenvalue weighted by molar-refractivity contribution is 0.670. The van der Waals surface area contributed by atoms with Gasteiger partial charge in [0, 0.05) is 39.9 Å². The van der Waals surface area contributed by atoms with Gasteiger partial charge in [-0.25, -0.2) is 0 Å². The number of nitrogens with zero attached hydrogens (tertiary/aromatic N) is 2. The Morgan fingerprint density at radius 2 is 1.08 bits per heavy atom. The molecule has 0 amide bonds. The first-order chi connectivity index (χ1) is 24.0. The molecule has 0 aromatic heterocycles. The number of fused-ring (bicyclic) bond motifs is 2. The molecule has 0 N–H and O–H groups in total. The van der Waals surface area contributed by atoms with Gasteiger partial charge in [0.1, 0.15) is 0 Å². The van der Waals surface area contributed by atoms with E-state index in [4.69, 9.17) is 0 Å². The van der Waals surface area contributed by atoms with E-state index in [0.29, 0.717) is 5.92 Å². The predicted octanol–water partition coefficient (Wildman–Crippen LogP) is 13.4. The molecule has 0 radical (unpaired) electrons. The molecule has 0 bridgehead atoms. The number of benzene rings is 7. The highest BCUT2D eigenvalue weighted by molar-refractivity contribution is 5.93. The maximum atomic E-state index is 2.50. The summed E-state index contributed by atoms with van der Waals surface area (Å²) in [6.45, 7) is 6.84. The van der Waals surface area contributed by atoms with E-state index in [1.165, 1.54) is 60.9 Å². The summed E-state index contributed by atoms with van der Waals surface area (Å²) in [5, 5.41) is 4.97. The molecule has 0 saturated heterocycles. The zero-order chi connectivity index (χ0) is 33.3. The van der Waals surface area contributed by atoms with E-state index in [2.05, 4.69) is 200 Å². The Kier molecular flexibility index (Phi) is 8.07. The van der Waals surface area contributed by atoms with Crippen molar-refractivity contribution in [3.8, 4) is 11.1 Å². The van der Waals surface area contributed by atoms with Gasteiger partial charge in [0.15, 0.2) is 0 Å². The molecule has 49 heavy (non-hydrogen) atoms. The van der Waals surface area contributed by atoms with Crippen LogP contribution in [-0.4, -0.2) is 0 Å². The molecule has 2 nitrogen and oxygen atoms in total. The van der Waals surface area contributed by atoms with Gasteiger partial charge in [-0.05, 0) is 119 Å². The van der Waals surface area contributed by atoms with E-state index in [1.54, 1.807) is 0 Å². The quantitative estimate of drug-likeness (QED) is 0.172. The zero-order valence-corrected chi connectivity index (χ0v) is 28.3. The van der Waals surface area contributed by atoms with Crippen molar-refractivity contribution in [2.45, 2.75) is 27.2 Å². The van der Waals surface area contributed by atoms with Gasteiger partial charge in [-0.3, -0.25) is 0 Å². The summed E-state index contributed by atoms with van der Waals surface area (Å²) in [6, 6.07) is 55.2. The number of hydrogen-bond donors (Lipinski definition) is 0. The molecule has 0 heterocycles. The van der Waals surface area contributed by atoms with Crippen LogP contribution in [0.5, 0.6) is 0 Å². The van der Waals surface area contributed by atoms with Gasteiger partial charge in [-0.2, -0.15) is 0 Å². The lowest BCUT2D eigenvalue weighted by atomic mass is 9.91. The zero-order valence-electron chi connectivity index (χ0n) is 28.3.